The zero-order chi connectivity index (χ0) is 12.3. The first kappa shape index (κ1) is 11.9. The van der Waals surface area contributed by atoms with E-state index in [1.165, 1.54) is 0 Å². The van der Waals surface area contributed by atoms with Crippen LogP contribution in [0.25, 0.3) is 0 Å². The van der Waals surface area contributed by atoms with Gasteiger partial charge in [0.05, 0.1) is 13.7 Å². The van der Waals surface area contributed by atoms with Crippen LogP contribution in [0.5, 0.6) is 5.75 Å². The van der Waals surface area contributed by atoms with E-state index < -0.39 is 0 Å². The van der Waals surface area contributed by atoms with Gasteiger partial charge in [-0.1, -0.05) is 12.1 Å². The molecule has 0 atom stereocenters. The van der Waals surface area contributed by atoms with Crippen LogP contribution in [0.2, 0.25) is 0 Å². The summed E-state index contributed by atoms with van der Waals surface area (Å²) in [5.41, 5.74) is 1.01. The summed E-state index contributed by atoms with van der Waals surface area (Å²) in [6, 6.07) is 11.0. The third-order valence-corrected chi connectivity index (χ3v) is 2.90. The SMILES string of the molecule is COc1cccc(Cn2cc(Br)ccc2=O)c1. The van der Waals surface area contributed by atoms with Crippen LogP contribution in [0.15, 0.2) is 51.9 Å². The fourth-order valence-electron chi connectivity index (χ4n) is 1.59. The molecular formula is C13H12BrNO2. The van der Waals surface area contributed by atoms with Crippen LogP contribution in [0.3, 0.4) is 0 Å². The third-order valence-electron chi connectivity index (χ3n) is 2.43. The van der Waals surface area contributed by atoms with Crippen molar-refractivity contribution in [3.05, 3.63) is 63.0 Å². The lowest BCUT2D eigenvalue weighted by Gasteiger charge is -2.07. The molecule has 0 bridgehead atoms. The number of pyridine rings is 1. The van der Waals surface area contributed by atoms with Crippen molar-refractivity contribution in [3.63, 3.8) is 0 Å². The molecule has 0 aliphatic heterocycles. The topological polar surface area (TPSA) is 31.2 Å². The molecule has 0 N–H and O–H groups in total. The monoisotopic (exact) mass is 293 g/mol. The number of benzene rings is 1. The molecule has 3 nitrogen and oxygen atoms in total. The molecule has 0 aliphatic rings. The third kappa shape index (κ3) is 2.97. The lowest BCUT2D eigenvalue weighted by molar-refractivity contribution is 0.414. The highest BCUT2D eigenvalue weighted by Crippen LogP contribution is 2.13. The molecule has 2 rings (SSSR count). The molecule has 0 fully saturated rings. The summed E-state index contributed by atoms with van der Waals surface area (Å²) < 4.78 is 7.69. The van der Waals surface area contributed by atoms with E-state index in [-0.39, 0.29) is 5.56 Å². The Morgan fingerprint density at radius 2 is 2.12 bits per heavy atom. The summed E-state index contributed by atoms with van der Waals surface area (Å²) in [6.07, 6.45) is 1.78. The molecule has 2 aromatic rings. The second kappa shape index (κ2) is 5.19. The van der Waals surface area contributed by atoms with E-state index in [2.05, 4.69) is 15.9 Å². The molecule has 0 saturated carbocycles. The summed E-state index contributed by atoms with van der Waals surface area (Å²) in [7, 11) is 1.63. The van der Waals surface area contributed by atoms with E-state index >= 15 is 0 Å². The molecule has 0 spiro atoms. The Bertz CT molecular complexity index is 578. The van der Waals surface area contributed by atoms with Gasteiger partial charge in [-0.05, 0) is 39.7 Å². The van der Waals surface area contributed by atoms with Gasteiger partial charge in [-0.2, -0.15) is 0 Å². The van der Waals surface area contributed by atoms with Gasteiger partial charge in [0.1, 0.15) is 5.75 Å². The number of nitrogens with zero attached hydrogens (tertiary/aromatic N) is 1. The van der Waals surface area contributed by atoms with Crippen molar-refractivity contribution in [2.75, 3.05) is 7.11 Å². The molecule has 1 heterocycles. The van der Waals surface area contributed by atoms with Crippen LogP contribution in [0, 0.1) is 0 Å². The Labute approximate surface area is 108 Å². The van der Waals surface area contributed by atoms with E-state index in [0.717, 1.165) is 15.8 Å². The van der Waals surface area contributed by atoms with Gasteiger partial charge in [0, 0.05) is 16.7 Å². The van der Waals surface area contributed by atoms with Crippen LogP contribution in [0.4, 0.5) is 0 Å². The van der Waals surface area contributed by atoms with Crippen LogP contribution in [-0.4, -0.2) is 11.7 Å². The largest absolute Gasteiger partial charge is 0.497 e. The molecular weight excluding hydrogens is 282 g/mol. The van der Waals surface area contributed by atoms with E-state index in [1.54, 1.807) is 30.0 Å². The van der Waals surface area contributed by atoms with Gasteiger partial charge in [-0.3, -0.25) is 4.79 Å². The van der Waals surface area contributed by atoms with Gasteiger partial charge in [-0.25, -0.2) is 0 Å². The van der Waals surface area contributed by atoms with Gasteiger partial charge in [0.15, 0.2) is 0 Å². The average molecular weight is 294 g/mol. The Morgan fingerprint density at radius 3 is 2.88 bits per heavy atom. The predicted molar refractivity (Wildman–Crippen MR) is 70.5 cm³/mol. The smallest absolute Gasteiger partial charge is 0.250 e. The highest BCUT2D eigenvalue weighted by atomic mass is 79.9. The fraction of sp³-hybridized carbons (Fsp3) is 0.154. The first-order valence-electron chi connectivity index (χ1n) is 5.18. The highest BCUT2D eigenvalue weighted by Gasteiger charge is 2.00. The number of halogens is 1. The lowest BCUT2D eigenvalue weighted by atomic mass is 10.2. The normalized spacial score (nSPS) is 10.2. The van der Waals surface area contributed by atoms with Gasteiger partial charge < -0.3 is 9.30 Å². The van der Waals surface area contributed by atoms with Crippen LogP contribution >= 0.6 is 15.9 Å². The van der Waals surface area contributed by atoms with Crippen molar-refractivity contribution in [3.8, 4) is 5.75 Å². The number of ether oxygens (including phenoxy) is 1. The second-order valence-corrected chi connectivity index (χ2v) is 4.58. The van der Waals surface area contributed by atoms with Gasteiger partial charge in [-0.15, -0.1) is 0 Å². The molecule has 0 amide bonds. The molecule has 1 aromatic carbocycles. The predicted octanol–water partition coefficient (Wildman–Crippen LogP) is 2.67. The van der Waals surface area contributed by atoms with Crippen molar-refractivity contribution in [1.82, 2.24) is 4.57 Å². The maximum Gasteiger partial charge on any atom is 0.250 e. The summed E-state index contributed by atoms with van der Waals surface area (Å²) >= 11 is 3.35. The number of rotatable bonds is 3. The average Bonchev–Trinajstić information content (AvgIpc) is 2.34. The Balaban J connectivity index is 2.31. The van der Waals surface area contributed by atoms with Crippen molar-refractivity contribution in [1.29, 1.82) is 0 Å². The van der Waals surface area contributed by atoms with Gasteiger partial charge in [0.2, 0.25) is 0 Å². The Kier molecular flexibility index (Phi) is 3.64. The Morgan fingerprint density at radius 1 is 1.29 bits per heavy atom. The van der Waals surface area contributed by atoms with Crippen LogP contribution in [-0.2, 0) is 6.54 Å². The standard InChI is InChI=1S/C13H12BrNO2/c1-17-12-4-2-3-10(7-12)8-15-9-11(14)5-6-13(15)16/h2-7,9H,8H2,1H3. The molecule has 88 valence electrons. The molecule has 1 aromatic heterocycles. The van der Waals surface area contributed by atoms with Crippen molar-refractivity contribution >= 4 is 15.9 Å². The number of hydrogen-bond donors (Lipinski definition) is 0. The molecule has 0 radical (unpaired) electrons. The van der Waals surface area contributed by atoms with Gasteiger partial charge in [0.25, 0.3) is 5.56 Å². The van der Waals surface area contributed by atoms with Gasteiger partial charge >= 0.3 is 0 Å². The second-order valence-electron chi connectivity index (χ2n) is 3.66. The van der Waals surface area contributed by atoms with Crippen molar-refractivity contribution in [2.45, 2.75) is 6.54 Å². The zero-order valence-electron chi connectivity index (χ0n) is 9.39. The summed E-state index contributed by atoms with van der Waals surface area (Å²) in [4.78, 5) is 11.6. The quantitative estimate of drug-likeness (QED) is 0.871. The van der Waals surface area contributed by atoms with Crippen molar-refractivity contribution in [2.24, 2.45) is 0 Å². The first-order valence-corrected chi connectivity index (χ1v) is 5.97. The van der Waals surface area contributed by atoms with Crippen LogP contribution in [0.1, 0.15) is 5.56 Å². The lowest BCUT2D eigenvalue weighted by Crippen LogP contribution is -2.18. The minimum atomic E-state index is -0.0176. The number of methoxy groups -OCH3 is 1. The molecule has 0 unspecified atom stereocenters. The highest BCUT2D eigenvalue weighted by molar-refractivity contribution is 9.10. The minimum Gasteiger partial charge on any atom is -0.497 e. The maximum absolute atomic E-state index is 11.6. The van der Waals surface area contributed by atoms with E-state index in [1.807, 2.05) is 24.3 Å². The first-order chi connectivity index (χ1) is 8.19. The molecule has 0 aliphatic carbocycles. The van der Waals surface area contributed by atoms with Crippen LogP contribution < -0.4 is 10.3 Å². The summed E-state index contributed by atoms with van der Waals surface area (Å²) in [5.74, 6) is 0.797. The molecule has 0 saturated heterocycles. The molecule has 17 heavy (non-hydrogen) atoms. The van der Waals surface area contributed by atoms with E-state index in [9.17, 15) is 4.79 Å². The fourth-order valence-corrected chi connectivity index (χ4v) is 1.97. The number of aromatic nitrogens is 1. The molecule has 4 heteroatoms. The number of hydrogen-bond acceptors (Lipinski definition) is 2. The maximum atomic E-state index is 11.6. The Hall–Kier alpha value is -1.55. The minimum absolute atomic E-state index is 0.0176. The van der Waals surface area contributed by atoms with E-state index in [0.29, 0.717) is 6.54 Å². The van der Waals surface area contributed by atoms with Crippen molar-refractivity contribution < 1.29 is 4.74 Å². The van der Waals surface area contributed by atoms with E-state index in [4.69, 9.17) is 4.74 Å². The zero-order valence-corrected chi connectivity index (χ0v) is 11.0. The summed E-state index contributed by atoms with van der Waals surface area (Å²) in [5, 5.41) is 0. The summed E-state index contributed by atoms with van der Waals surface area (Å²) in [6.45, 7) is 0.537.